The summed E-state index contributed by atoms with van der Waals surface area (Å²) in [7, 11) is 0. The molecule has 0 fully saturated rings. The van der Waals surface area contributed by atoms with E-state index in [2.05, 4.69) is 54.6 Å². The summed E-state index contributed by atoms with van der Waals surface area (Å²) in [6.45, 7) is 4.23. The number of halogens is 2. The minimum absolute atomic E-state index is 0.619. The molecular weight excluding hydrogens is 383 g/mol. The molecule has 0 saturated carbocycles. The van der Waals surface area contributed by atoms with E-state index in [0.29, 0.717) is 5.02 Å². The first-order valence-electron chi connectivity index (χ1n) is 6.81. The summed E-state index contributed by atoms with van der Waals surface area (Å²) < 4.78 is 0.998. The van der Waals surface area contributed by atoms with Crippen molar-refractivity contribution in [3.05, 3.63) is 67.2 Å². The van der Waals surface area contributed by atoms with Gasteiger partial charge in [-0.1, -0.05) is 49.7 Å². The van der Waals surface area contributed by atoms with Gasteiger partial charge in [-0.2, -0.15) is 0 Å². The molecule has 1 N–H and O–H groups in total. The molecule has 0 bridgehead atoms. The van der Waals surface area contributed by atoms with Gasteiger partial charge < -0.3 is 5.11 Å². The summed E-state index contributed by atoms with van der Waals surface area (Å²) in [4.78, 5) is 0. The number of aliphatic hydroxyl groups excluding tert-OH is 1. The van der Waals surface area contributed by atoms with E-state index in [1.807, 2.05) is 18.2 Å². The average Bonchev–Trinajstić information content (AvgIpc) is 2.48. The van der Waals surface area contributed by atoms with Crippen molar-refractivity contribution < 1.29 is 5.11 Å². The van der Waals surface area contributed by atoms with Gasteiger partial charge in [-0.3, -0.25) is 0 Å². The van der Waals surface area contributed by atoms with Gasteiger partial charge >= 0.3 is 0 Å². The lowest BCUT2D eigenvalue weighted by molar-refractivity contribution is 0.219. The molecule has 0 heterocycles. The fourth-order valence-corrected chi connectivity index (χ4v) is 2.83. The third-order valence-corrected chi connectivity index (χ3v) is 5.13. The molecule has 106 valence electrons. The predicted octanol–water partition coefficient (Wildman–Crippen LogP) is 5.15. The summed E-state index contributed by atoms with van der Waals surface area (Å²) in [6.07, 6.45) is 1.26. The Kier molecular flexibility index (Phi) is 5.47. The van der Waals surface area contributed by atoms with E-state index < -0.39 is 6.10 Å². The zero-order valence-electron chi connectivity index (χ0n) is 11.7. The van der Waals surface area contributed by atoms with Crippen molar-refractivity contribution in [2.24, 2.45) is 0 Å². The van der Waals surface area contributed by atoms with Crippen molar-refractivity contribution in [1.29, 1.82) is 0 Å². The zero-order chi connectivity index (χ0) is 14.7. The molecule has 20 heavy (non-hydrogen) atoms. The van der Waals surface area contributed by atoms with Gasteiger partial charge in [0.05, 0.1) is 5.02 Å². The minimum atomic E-state index is -0.619. The first kappa shape index (κ1) is 15.8. The van der Waals surface area contributed by atoms with E-state index in [-0.39, 0.29) is 0 Å². The number of rotatable bonds is 4. The number of aryl methyl sites for hydroxylation is 2. The quantitative estimate of drug-likeness (QED) is 0.704. The molecule has 2 aromatic carbocycles. The minimum Gasteiger partial charge on any atom is -0.384 e. The number of benzene rings is 2. The van der Waals surface area contributed by atoms with Crippen molar-refractivity contribution in [2.75, 3.05) is 0 Å². The number of aliphatic hydroxyl groups is 1. The molecule has 0 radical (unpaired) electrons. The maximum absolute atomic E-state index is 10.7. The molecule has 3 heteroatoms. The van der Waals surface area contributed by atoms with Crippen LogP contribution in [-0.4, -0.2) is 5.11 Å². The van der Waals surface area contributed by atoms with Crippen LogP contribution < -0.4 is 0 Å². The van der Waals surface area contributed by atoms with Gasteiger partial charge in [0.15, 0.2) is 0 Å². The normalized spacial score (nSPS) is 12.4. The van der Waals surface area contributed by atoms with Gasteiger partial charge in [0.1, 0.15) is 6.10 Å². The molecule has 0 spiro atoms. The maximum Gasteiger partial charge on any atom is 0.104 e. The molecule has 1 atom stereocenters. The Hall–Kier alpha value is -0.580. The van der Waals surface area contributed by atoms with Crippen molar-refractivity contribution in [1.82, 2.24) is 0 Å². The van der Waals surface area contributed by atoms with E-state index >= 15 is 0 Å². The lowest BCUT2D eigenvalue weighted by atomic mass is 9.93. The van der Waals surface area contributed by atoms with Crippen LogP contribution in [0.4, 0.5) is 0 Å². The van der Waals surface area contributed by atoms with Crippen LogP contribution in [0.5, 0.6) is 0 Å². The molecule has 0 aliphatic carbocycles. The first-order chi connectivity index (χ1) is 9.56. The standard InChI is InChI=1S/C17H18ClIO/c1-3-11-5-6-12(4-2)14(9-11)17(20)13-7-8-16(19)15(18)10-13/h5-10,17,20H,3-4H2,1-2H3. The smallest absolute Gasteiger partial charge is 0.104 e. The lowest BCUT2D eigenvalue weighted by Crippen LogP contribution is -2.05. The molecule has 0 amide bonds. The third-order valence-electron chi connectivity index (χ3n) is 3.55. The predicted molar refractivity (Wildman–Crippen MR) is 93.4 cm³/mol. The Morgan fingerprint density at radius 1 is 1.10 bits per heavy atom. The summed E-state index contributed by atoms with van der Waals surface area (Å²) >= 11 is 8.35. The summed E-state index contributed by atoms with van der Waals surface area (Å²) in [5.41, 5.74) is 4.26. The SMILES string of the molecule is CCc1ccc(CC)c(C(O)c2ccc(I)c(Cl)c2)c1. The van der Waals surface area contributed by atoms with Crippen LogP contribution >= 0.6 is 34.2 Å². The molecule has 1 nitrogen and oxygen atoms in total. The molecule has 0 saturated heterocycles. The second-order valence-electron chi connectivity index (χ2n) is 4.82. The third kappa shape index (κ3) is 3.35. The average molecular weight is 401 g/mol. The van der Waals surface area contributed by atoms with Crippen LogP contribution in [-0.2, 0) is 12.8 Å². The highest BCUT2D eigenvalue weighted by molar-refractivity contribution is 14.1. The molecule has 0 aliphatic heterocycles. The van der Waals surface area contributed by atoms with Gasteiger partial charge in [0, 0.05) is 3.57 Å². The Morgan fingerprint density at radius 2 is 1.85 bits per heavy atom. The van der Waals surface area contributed by atoms with Gasteiger partial charge in [-0.05, 0) is 69.8 Å². The van der Waals surface area contributed by atoms with Crippen LogP contribution in [0.25, 0.3) is 0 Å². The topological polar surface area (TPSA) is 20.2 Å². The highest BCUT2D eigenvalue weighted by atomic mass is 127. The second kappa shape index (κ2) is 6.92. The number of hydrogen-bond acceptors (Lipinski definition) is 1. The van der Waals surface area contributed by atoms with E-state index in [9.17, 15) is 5.11 Å². The van der Waals surface area contributed by atoms with Crippen LogP contribution in [0.15, 0.2) is 36.4 Å². The summed E-state index contributed by atoms with van der Waals surface area (Å²) in [5.74, 6) is 0. The van der Waals surface area contributed by atoms with Gasteiger partial charge in [-0.15, -0.1) is 0 Å². The molecule has 2 aromatic rings. The molecular formula is C17H18ClIO. The van der Waals surface area contributed by atoms with Crippen molar-refractivity contribution in [2.45, 2.75) is 32.8 Å². The Bertz CT molecular complexity index is 610. The van der Waals surface area contributed by atoms with Gasteiger partial charge in [0.25, 0.3) is 0 Å². The van der Waals surface area contributed by atoms with Crippen LogP contribution in [0.1, 0.15) is 42.2 Å². The van der Waals surface area contributed by atoms with Crippen molar-refractivity contribution in [3.8, 4) is 0 Å². The lowest BCUT2D eigenvalue weighted by Gasteiger charge is -2.17. The highest BCUT2D eigenvalue weighted by Gasteiger charge is 2.15. The fraction of sp³-hybridized carbons (Fsp3) is 0.294. The fourth-order valence-electron chi connectivity index (χ4n) is 2.30. The monoisotopic (exact) mass is 400 g/mol. The molecule has 0 aromatic heterocycles. The first-order valence-corrected chi connectivity index (χ1v) is 8.27. The maximum atomic E-state index is 10.7. The van der Waals surface area contributed by atoms with Crippen LogP contribution in [0, 0.1) is 3.57 Å². The second-order valence-corrected chi connectivity index (χ2v) is 6.39. The molecule has 1 unspecified atom stereocenters. The van der Waals surface area contributed by atoms with Crippen LogP contribution in [0.3, 0.4) is 0 Å². The van der Waals surface area contributed by atoms with E-state index in [1.54, 1.807) is 0 Å². The summed E-state index contributed by atoms with van der Waals surface area (Å²) in [6, 6.07) is 12.1. The Balaban J connectivity index is 2.45. The Morgan fingerprint density at radius 3 is 2.45 bits per heavy atom. The van der Waals surface area contributed by atoms with Gasteiger partial charge in [-0.25, -0.2) is 0 Å². The van der Waals surface area contributed by atoms with E-state index in [4.69, 9.17) is 11.6 Å². The largest absolute Gasteiger partial charge is 0.384 e. The van der Waals surface area contributed by atoms with E-state index in [0.717, 1.165) is 27.5 Å². The van der Waals surface area contributed by atoms with Crippen molar-refractivity contribution >= 4 is 34.2 Å². The summed E-state index contributed by atoms with van der Waals surface area (Å²) in [5, 5.41) is 11.4. The zero-order valence-corrected chi connectivity index (χ0v) is 14.6. The van der Waals surface area contributed by atoms with E-state index in [1.165, 1.54) is 11.1 Å². The van der Waals surface area contributed by atoms with Crippen molar-refractivity contribution in [3.63, 3.8) is 0 Å². The van der Waals surface area contributed by atoms with Gasteiger partial charge in [0.2, 0.25) is 0 Å². The molecule has 0 aliphatic rings. The Labute approximate surface area is 139 Å². The number of hydrogen-bond donors (Lipinski definition) is 1. The molecule has 2 rings (SSSR count). The highest BCUT2D eigenvalue weighted by Crippen LogP contribution is 2.30. The van der Waals surface area contributed by atoms with Crippen LogP contribution in [0.2, 0.25) is 5.02 Å².